The maximum atomic E-state index is 12.5. The van der Waals surface area contributed by atoms with Crippen molar-refractivity contribution >= 4 is 22.2 Å². The van der Waals surface area contributed by atoms with Gasteiger partial charge in [0.2, 0.25) is 0 Å². The third-order valence-corrected chi connectivity index (χ3v) is 3.86. The van der Waals surface area contributed by atoms with Crippen LogP contribution in [0.4, 0.5) is 0 Å². The molecule has 0 radical (unpaired) electrons. The van der Waals surface area contributed by atoms with E-state index in [9.17, 15) is 14.7 Å². The van der Waals surface area contributed by atoms with Gasteiger partial charge in [0.1, 0.15) is 5.56 Å². The number of hydrogen-bond donors (Lipinski definition) is 2. The topological polar surface area (TPSA) is 83.7 Å². The van der Waals surface area contributed by atoms with Crippen molar-refractivity contribution in [3.05, 3.63) is 33.2 Å². The second-order valence-electron chi connectivity index (χ2n) is 6.02. The van der Waals surface area contributed by atoms with Crippen LogP contribution in [0.1, 0.15) is 43.7 Å². The number of amides is 1. The van der Waals surface area contributed by atoms with Crippen LogP contribution in [0.2, 0.25) is 0 Å². The number of aromatic nitrogens is 2. The summed E-state index contributed by atoms with van der Waals surface area (Å²) in [5.41, 5.74) is 0.204. The standard InChI is InChI=1S/C14H19N3O3S/c1-8(18)5-15-11(19)9-6-16-13-17(12(9)20)10(7-21-13)14(2,3)4/h6-8,18H,5H2,1-4H3,(H,15,19). The van der Waals surface area contributed by atoms with Gasteiger partial charge in [-0.05, 0) is 6.92 Å². The van der Waals surface area contributed by atoms with Crippen LogP contribution in [-0.4, -0.2) is 33.0 Å². The number of nitrogens with one attached hydrogen (secondary N) is 1. The van der Waals surface area contributed by atoms with Crippen molar-refractivity contribution in [3.63, 3.8) is 0 Å². The van der Waals surface area contributed by atoms with Gasteiger partial charge in [-0.3, -0.25) is 14.0 Å². The first kappa shape index (κ1) is 15.7. The van der Waals surface area contributed by atoms with E-state index in [1.807, 2.05) is 26.2 Å². The van der Waals surface area contributed by atoms with Gasteiger partial charge in [0, 0.05) is 29.2 Å². The first-order chi connectivity index (χ1) is 9.71. The number of carbonyl (C=O) groups is 1. The molecule has 7 heteroatoms. The molecule has 6 nitrogen and oxygen atoms in total. The third-order valence-electron chi connectivity index (χ3n) is 3.02. The Hall–Kier alpha value is -1.73. The number of rotatable bonds is 3. The normalized spacial score (nSPS) is 13.4. The highest BCUT2D eigenvalue weighted by molar-refractivity contribution is 7.15. The Labute approximate surface area is 126 Å². The van der Waals surface area contributed by atoms with Crippen LogP contribution in [0.15, 0.2) is 16.4 Å². The third kappa shape index (κ3) is 3.14. The van der Waals surface area contributed by atoms with Crippen LogP contribution in [0, 0.1) is 0 Å². The van der Waals surface area contributed by atoms with E-state index >= 15 is 0 Å². The molecule has 0 aromatic carbocycles. The van der Waals surface area contributed by atoms with Gasteiger partial charge in [-0.15, -0.1) is 11.3 Å². The Bertz CT molecular complexity index is 725. The molecule has 2 aromatic rings. The summed E-state index contributed by atoms with van der Waals surface area (Å²) in [6.07, 6.45) is 0.623. The lowest BCUT2D eigenvalue weighted by Gasteiger charge is -2.17. The number of fused-ring (bicyclic) bond motifs is 1. The summed E-state index contributed by atoms with van der Waals surface area (Å²) in [6.45, 7) is 7.66. The van der Waals surface area contributed by atoms with E-state index in [1.165, 1.54) is 21.9 Å². The predicted octanol–water partition coefficient (Wildman–Crippen LogP) is 1.16. The summed E-state index contributed by atoms with van der Waals surface area (Å²) in [7, 11) is 0. The van der Waals surface area contributed by atoms with Crippen LogP contribution in [0.25, 0.3) is 4.96 Å². The first-order valence-electron chi connectivity index (χ1n) is 6.68. The molecule has 2 N–H and O–H groups in total. The van der Waals surface area contributed by atoms with E-state index in [0.29, 0.717) is 4.96 Å². The molecule has 0 saturated carbocycles. The molecule has 0 bridgehead atoms. The summed E-state index contributed by atoms with van der Waals surface area (Å²) < 4.78 is 1.49. The van der Waals surface area contributed by atoms with Crippen molar-refractivity contribution in [1.29, 1.82) is 0 Å². The van der Waals surface area contributed by atoms with E-state index in [4.69, 9.17) is 0 Å². The lowest BCUT2D eigenvalue weighted by Crippen LogP contribution is -2.36. The van der Waals surface area contributed by atoms with Crippen LogP contribution in [0.3, 0.4) is 0 Å². The highest BCUT2D eigenvalue weighted by Gasteiger charge is 2.22. The summed E-state index contributed by atoms with van der Waals surface area (Å²) in [5.74, 6) is -0.520. The smallest absolute Gasteiger partial charge is 0.271 e. The van der Waals surface area contributed by atoms with E-state index in [0.717, 1.165) is 5.69 Å². The Morgan fingerprint density at radius 3 is 2.76 bits per heavy atom. The Balaban J connectivity index is 2.51. The summed E-state index contributed by atoms with van der Waals surface area (Å²) in [6, 6.07) is 0. The van der Waals surface area contributed by atoms with Crippen molar-refractivity contribution < 1.29 is 9.90 Å². The quantitative estimate of drug-likeness (QED) is 0.891. The minimum absolute atomic E-state index is 0.0166. The van der Waals surface area contributed by atoms with E-state index in [-0.39, 0.29) is 23.1 Å². The van der Waals surface area contributed by atoms with Crippen LogP contribution < -0.4 is 10.9 Å². The number of thiazole rings is 1. The minimum Gasteiger partial charge on any atom is -0.392 e. The first-order valence-corrected chi connectivity index (χ1v) is 7.56. The van der Waals surface area contributed by atoms with Crippen molar-refractivity contribution in [2.45, 2.75) is 39.2 Å². The van der Waals surface area contributed by atoms with Gasteiger partial charge in [-0.25, -0.2) is 4.98 Å². The molecular weight excluding hydrogens is 290 g/mol. The van der Waals surface area contributed by atoms with Crippen LogP contribution in [0.5, 0.6) is 0 Å². The average Bonchev–Trinajstić information content (AvgIpc) is 2.81. The second-order valence-corrected chi connectivity index (χ2v) is 6.86. The Morgan fingerprint density at radius 2 is 2.19 bits per heavy atom. The van der Waals surface area contributed by atoms with Crippen LogP contribution >= 0.6 is 11.3 Å². The SMILES string of the molecule is CC(O)CNC(=O)c1cnc2scc(C(C)(C)C)n2c1=O. The van der Waals surface area contributed by atoms with Gasteiger partial charge in [-0.1, -0.05) is 20.8 Å². The zero-order valence-corrected chi connectivity index (χ0v) is 13.3. The molecule has 0 aliphatic heterocycles. The number of nitrogens with zero attached hydrogens (tertiary/aromatic N) is 2. The summed E-state index contributed by atoms with van der Waals surface area (Å²) in [5, 5.41) is 13.6. The zero-order valence-electron chi connectivity index (χ0n) is 12.5. The fraction of sp³-hybridized carbons (Fsp3) is 0.500. The van der Waals surface area contributed by atoms with E-state index < -0.39 is 12.0 Å². The largest absolute Gasteiger partial charge is 0.392 e. The van der Waals surface area contributed by atoms with Crippen molar-refractivity contribution in [1.82, 2.24) is 14.7 Å². The van der Waals surface area contributed by atoms with Gasteiger partial charge in [0.15, 0.2) is 4.96 Å². The highest BCUT2D eigenvalue weighted by atomic mass is 32.1. The Kier molecular flexibility index (Phi) is 4.15. The molecule has 0 fully saturated rings. The van der Waals surface area contributed by atoms with Gasteiger partial charge < -0.3 is 10.4 Å². The molecule has 0 saturated heterocycles. The molecule has 2 aromatic heterocycles. The maximum absolute atomic E-state index is 12.5. The zero-order chi connectivity index (χ0) is 15.8. The molecule has 0 aliphatic carbocycles. The number of aliphatic hydroxyl groups is 1. The maximum Gasteiger partial charge on any atom is 0.271 e. The van der Waals surface area contributed by atoms with Gasteiger partial charge in [-0.2, -0.15) is 0 Å². The average molecular weight is 309 g/mol. The van der Waals surface area contributed by atoms with Gasteiger partial charge in [0.05, 0.1) is 6.10 Å². The molecule has 2 heterocycles. The lowest BCUT2D eigenvalue weighted by atomic mass is 9.93. The number of aliphatic hydroxyl groups excluding tert-OH is 1. The Morgan fingerprint density at radius 1 is 1.52 bits per heavy atom. The van der Waals surface area contributed by atoms with Crippen LogP contribution in [-0.2, 0) is 5.41 Å². The molecular formula is C14H19N3O3S. The molecule has 1 amide bonds. The molecule has 0 spiro atoms. The van der Waals surface area contributed by atoms with Crippen molar-refractivity contribution in [2.24, 2.45) is 0 Å². The summed E-state index contributed by atoms with van der Waals surface area (Å²) >= 11 is 1.37. The van der Waals surface area contributed by atoms with E-state index in [2.05, 4.69) is 10.3 Å². The second kappa shape index (κ2) is 5.57. The highest BCUT2D eigenvalue weighted by Crippen LogP contribution is 2.25. The predicted molar refractivity (Wildman–Crippen MR) is 82.1 cm³/mol. The molecule has 1 atom stereocenters. The number of carbonyl (C=O) groups excluding carboxylic acids is 1. The van der Waals surface area contributed by atoms with E-state index in [1.54, 1.807) is 6.92 Å². The van der Waals surface area contributed by atoms with Crippen molar-refractivity contribution in [2.75, 3.05) is 6.54 Å². The summed E-state index contributed by atoms with van der Waals surface area (Å²) in [4.78, 5) is 29.3. The molecule has 21 heavy (non-hydrogen) atoms. The molecule has 0 aliphatic rings. The van der Waals surface area contributed by atoms with Gasteiger partial charge in [0.25, 0.3) is 11.5 Å². The fourth-order valence-electron chi connectivity index (χ4n) is 1.90. The van der Waals surface area contributed by atoms with Crippen molar-refractivity contribution in [3.8, 4) is 0 Å². The lowest BCUT2D eigenvalue weighted by molar-refractivity contribution is 0.0922. The monoisotopic (exact) mass is 309 g/mol. The van der Waals surface area contributed by atoms with Gasteiger partial charge >= 0.3 is 0 Å². The molecule has 114 valence electrons. The fourth-order valence-corrected chi connectivity index (χ4v) is 2.98. The number of hydrogen-bond acceptors (Lipinski definition) is 5. The molecule has 1 unspecified atom stereocenters. The molecule has 2 rings (SSSR count). The minimum atomic E-state index is -0.667.